The van der Waals surface area contributed by atoms with Crippen molar-refractivity contribution in [2.75, 3.05) is 19.8 Å². The average molecular weight is 318 g/mol. The van der Waals surface area contributed by atoms with Crippen LogP contribution >= 0.6 is 0 Å². The second kappa shape index (κ2) is 6.09. The van der Waals surface area contributed by atoms with Gasteiger partial charge in [0.05, 0.1) is 37.2 Å². The van der Waals surface area contributed by atoms with Gasteiger partial charge in [0.2, 0.25) is 5.89 Å². The molecule has 3 rings (SSSR count). The second-order valence-electron chi connectivity index (χ2n) is 7.29. The third kappa shape index (κ3) is 3.33. The third-order valence-electron chi connectivity index (χ3n) is 4.42. The van der Waals surface area contributed by atoms with E-state index < -0.39 is 0 Å². The standard InChI is InChI=1S/C17H26N4O2/c1-11-16(12(2)20-19-11)13-9-22-7-6-21(13)8-15-18-14(10-23-15)17(3,4)5/h10,13H,6-9H2,1-5H3,(H,19,20). The van der Waals surface area contributed by atoms with Crippen LogP contribution in [-0.4, -0.2) is 39.8 Å². The fourth-order valence-electron chi connectivity index (χ4n) is 3.05. The van der Waals surface area contributed by atoms with Crippen LogP contribution in [0.3, 0.4) is 0 Å². The number of aryl methyl sites for hydroxylation is 2. The molecule has 23 heavy (non-hydrogen) atoms. The summed E-state index contributed by atoms with van der Waals surface area (Å²) >= 11 is 0. The van der Waals surface area contributed by atoms with E-state index in [4.69, 9.17) is 9.15 Å². The molecule has 3 heterocycles. The number of oxazole rings is 1. The molecule has 0 spiro atoms. The van der Waals surface area contributed by atoms with Crippen LogP contribution in [0, 0.1) is 13.8 Å². The van der Waals surface area contributed by atoms with Crippen molar-refractivity contribution in [3.8, 4) is 0 Å². The van der Waals surface area contributed by atoms with Crippen LogP contribution in [0.5, 0.6) is 0 Å². The van der Waals surface area contributed by atoms with Crippen LogP contribution in [0.4, 0.5) is 0 Å². The van der Waals surface area contributed by atoms with E-state index in [0.717, 1.165) is 36.1 Å². The van der Waals surface area contributed by atoms with Crippen LogP contribution in [0.25, 0.3) is 0 Å². The van der Waals surface area contributed by atoms with Crippen molar-refractivity contribution in [1.82, 2.24) is 20.1 Å². The van der Waals surface area contributed by atoms with Gasteiger partial charge in [-0.1, -0.05) is 20.8 Å². The lowest BCUT2D eigenvalue weighted by molar-refractivity contribution is -0.0165. The normalized spacial score (nSPS) is 20.1. The highest BCUT2D eigenvalue weighted by molar-refractivity contribution is 5.27. The molecule has 1 N–H and O–H groups in total. The SMILES string of the molecule is Cc1n[nH]c(C)c1C1COCCN1Cc1nc(C(C)(C)C)co1. The summed E-state index contributed by atoms with van der Waals surface area (Å²) in [6.07, 6.45) is 1.78. The van der Waals surface area contributed by atoms with Gasteiger partial charge in [-0.2, -0.15) is 5.10 Å². The van der Waals surface area contributed by atoms with Crippen LogP contribution in [0.15, 0.2) is 10.7 Å². The Balaban J connectivity index is 1.81. The molecule has 1 unspecified atom stereocenters. The minimum absolute atomic E-state index is 0.00386. The monoisotopic (exact) mass is 318 g/mol. The summed E-state index contributed by atoms with van der Waals surface area (Å²) in [6, 6.07) is 0.187. The van der Waals surface area contributed by atoms with E-state index in [0.29, 0.717) is 13.2 Å². The smallest absolute Gasteiger partial charge is 0.208 e. The van der Waals surface area contributed by atoms with Gasteiger partial charge in [0, 0.05) is 23.2 Å². The maximum Gasteiger partial charge on any atom is 0.208 e. The molecule has 2 aromatic heterocycles. The number of aromatic nitrogens is 3. The molecule has 0 aromatic carbocycles. The topological polar surface area (TPSA) is 67.2 Å². The van der Waals surface area contributed by atoms with Crippen LogP contribution in [-0.2, 0) is 16.7 Å². The van der Waals surface area contributed by atoms with E-state index >= 15 is 0 Å². The van der Waals surface area contributed by atoms with E-state index in [1.54, 1.807) is 6.26 Å². The summed E-state index contributed by atoms with van der Waals surface area (Å²) in [6.45, 7) is 13.5. The average Bonchev–Trinajstić information content (AvgIpc) is 3.07. The predicted molar refractivity (Wildman–Crippen MR) is 87.2 cm³/mol. The Labute approximate surface area is 137 Å². The van der Waals surface area contributed by atoms with Gasteiger partial charge in [-0.15, -0.1) is 0 Å². The van der Waals surface area contributed by atoms with Crippen molar-refractivity contribution < 1.29 is 9.15 Å². The molecule has 1 aliphatic heterocycles. The van der Waals surface area contributed by atoms with Crippen molar-refractivity contribution in [2.24, 2.45) is 0 Å². The molecular weight excluding hydrogens is 292 g/mol. The summed E-state index contributed by atoms with van der Waals surface area (Å²) in [5, 5.41) is 7.39. The number of aromatic amines is 1. The third-order valence-corrected chi connectivity index (χ3v) is 4.42. The minimum atomic E-state index is 0.00386. The Morgan fingerprint density at radius 2 is 2.13 bits per heavy atom. The molecule has 0 amide bonds. The fourth-order valence-corrected chi connectivity index (χ4v) is 3.05. The minimum Gasteiger partial charge on any atom is -0.447 e. The summed E-state index contributed by atoms with van der Waals surface area (Å²) < 4.78 is 11.4. The number of hydrogen-bond acceptors (Lipinski definition) is 5. The second-order valence-corrected chi connectivity index (χ2v) is 7.29. The molecule has 2 aromatic rings. The van der Waals surface area contributed by atoms with Crippen LogP contribution < -0.4 is 0 Å². The van der Waals surface area contributed by atoms with E-state index in [1.807, 2.05) is 6.92 Å². The molecule has 1 aliphatic rings. The molecule has 1 atom stereocenters. The van der Waals surface area contributed by atoms with Crippen molar-refractivity contribution in [3.05, 3.63) is 34.8 Å². The van der Waals surface area contributed by atoms with E-state index in [2.05, 4.69) is 47.8 Å². The Kier molecular flexibility index (Phi) is 4.29. The van der Waals surface area contributed by atoms with Crippen molar-refractivity contribution in [1.29, 1.82) is 0 Å². The highest BCUT2D eigenvalue weighted by Crippen LogP contribution is 2.30. The zero-order valence-electron chi connectivity index (χ0n) is 14.6. The highest BCUT2D eigenvalue weighted by atomic mass is 16.5. The van der Waals surface area contributed by atoms with Crippen molar-refractivity contribution in [3.63, 3.8) is 0 Å². The maximum absolute atomic E-state index is 5.71. The highest BCUT2D eigenvalue weighted by Gasteiger charge is 2.30. The van der Waals surface area contributed by atoms with Gasteiger partial charge in [-0.3, -0.25) is 10.00 Å². The van der Waals surface area contributed by atoms with Crippen LogP contribution in [0.2, 0.25) is 0 Å². The molecule has 6 heteroatoms. The summed E-state index contributed by atoms with van der Waals surface area (Å²) in [5.74, 6) is 0.764. The molecule has 1 fully saturated rings. The van der Waals surface area contributed by atoms with Crippen molar-refractivity contribution >= 4 is 0 Å². The molecule has 0 radical (unpaired) electrons. The molecule has 6 nitrogen and oxygen atoms in total. The molecule has 0 saturated carbocycles. The lowest BCUT2D eigenvalue weighted by Gasteiger charge is -2.35. The molecular formula is C17H26N4O2. The Bertz CT molecular complexity index is 649. The van der Waals surface area contributed by atoms with Gasteiger partial charge in [0.15, 0.2) is 0 Å². The van der Waals surface area contributed by atoms with Gasteiger partial charge in [-0.25, -0.2) is 4.98 Å². The van der Waals surface area contributed by atoms with E-state index in [-0.39, 0.29) is 11.5 Å². The number of ether oxygens (including phenoxy) is 1. The van der Waals surface area contributed by atoms with Gasteiger partial charge in [0.1, 0.15) is 6.26 Å². The fraction of sp³-hybridized carbons (Fsp3) is 0.647. The van der Waals surface area contributed by atoms with Gasteiger partial charge in [0.25, 0.3) is 0 Å². The zero-order chi connectivity index (χ0) is 16.6. The number of H-pyrrole nitrogens is 1. The number of hydrogen-bond donors (Lipinski definition) is 1. The Hall–Kier alpha value is -1.66. The maximum atomic E-state index is 5.71. The first-order chi connectivity index (χ1) is 10.9. The molecule has 126 valence electrons. The lowest BCUT2D eigenvalue weighted by Crippen LogP contribution is -2.39. The van der Waals surface area contributed by atoms with Gasteiger partial charge >= 0.3 is 0 Å². The summed E-state index contributed by atoms with van der Waals surface area (Å²) in [4.78, 5) is 7.03. The largest absolute Gasteiger partial charge is 0.447 e. The molecule has 0 aliphatic carbocycles. The lowest BCUT2D eigenvalue weighted by atomic mass is 9.93. The van der Waals surface area contributed by atoms with Gasteiger partial charge in [-0.05, 0) is 13.8 Å². The number of morpholine rings is 1. The number of rotatable bonds is 3. The number of nitrogens with one attached hydrogen (secondary N) is 1. The van der Waals surface area contributed by atoms with Crippen LogP contribution in [0.1, 0.15) is 55.3 Å². The summed E-state index contributed by atoms with van der Waals surface area (Å²) in [5.41, 5.74) is 4.36. The number of nitrogens with zero attached hydrogens (tertiary/aromatic N) is 3. The first-order valence-electron chi connectivity index (χ1n) is 8.14. The zero-order valence-corrected chi connectivity index (χ0v) is 14.6. The molecule has 0 bridgehead atoms. The van der Waals surface area contributed by atoms with Crippen molar-refractivity contribution in [2.45, 2.75) is 52.6 Å². The van der Waals surface area contributed by atoms with E-state index in [9.17, 15) is 0 Å². The van der Waals surface area contributed by atoms with E-state index in [1.165, 1.54) is 5.56 Å². The first kappa shape index (κ1) is 16.2. The first-order valence-corrected chi connectivity index (χ1v) is 8.14. The molecule has 1 saturated heterocycles. The quantitative estimate of drug-likeness (QED) is 0.942. The summed E-state index contributed by atoms with van der Waals surface area (Å²) in [7, 11) is 0. The Morgan fingerprint density at radius 3 is 2.74 bits per heavy atom. The predicted octanol–water partition coefficient (Wildman–Crippen LogP) is 2.89. The Morgan fingerprint density at radius 1 is 1.35 bits per heavy atom. The van der Waals surface area contributed by atoms with Gasteiger partial charge < -0.3 is 9.15 Å².